The van der Waals surface area contributed by atoms with E-state index < -0.39 is 6.10 Å². The Morgan fingerprint density at radius 2 is 2.39 bits per heavy atom. The minimum atomic E-state index is -0.592. The number of hydrogen-bond donors (Lipinski definition) is 2. The van der Waals surface area contributed by atoms with Gasteiger partial charge in [0.05, 0.1) is 11.0 Å². The summed E-state index contributed by atoms with van der Waals surface area (Å²) in [5.74, 6) is -0.610. The lowest BCUT2D eigenvalue weighted by Gasteiger charge is -2.32. The number of aliphatic hydroxyl groups is 1. The Labute approximate surface area is 109 Å². The van der Waals surface area contributed by atoms with Crippen LogP contribution < -0.4 is 10.2 Å². The van der Waals surface area contributed by atoms with Gasteiger partial charge in [-0.3, -0.25) is 14.9 Å². The predicted octanol–water partition coefficient (Wildman–Crippen LogP) is 0.438. The molecule has 1 aliphatic heterocycles. The van der Waals surface area contributed by atoms with E-state index in [1.165, 1.54) is 11.3 Å². The van der Waals surface area contributed by atoms with E-state index in [2.05, 4.69) is 10.3 Å². The van der Waals surface area contributed by atoms with Crippen molar-refractivity contribution in [1.29, 1.82) is 0 Å². The number of aliphatic hydroxyl groups excluding tert-OH is 1. The predicted molar refractivity (Wildman–Crippen MR) is 67.3 cm³/mol. The Hall–Kier alpha value is -1.47. The Morgan fingerprint density at radius 1 is 1.67 bits per heavy atom. The molecule has 2 rings (SSSR count). The summed E-state index contributed by atoms with van der Waals surface area (Å²) >= 11 is 1.30. The summed E-state index contributed by atoms with van der Waals surface area (Å²) in [6.07, 6.45) is 1.59. The van der Waals surface area contributed by atoms with Gasteiger partial charge in [0.15, 0.2) is 5.13 Å². The number of piperazine rings is 1. The summed E-state index contributed by atoms with van der Waals surface area (Å²) in [4.78, 5) is 29.7. The Morgan fingerprint density at radius 3 is 2.94 bits per heavy atom. The molecule has 2 unspecified atom stereocenters. The number of rotatable bonds is 3. The van der Waals surface area contributed by atoms with Crippen LogP contribution in [0.25, 0.3) is 0 Å². The number of carbonyl (C=O) groups excluding carboxylic acids is 2. The van der Waals surface area contributed by atoms with Gasteiger partial charge in [0, 0.05) is 6.20 Å². The van der Waals surface area contributed by atoms with Crippen molar-refractivity contribution in [2.75, 3.05) is 11.4 Å². The lowest BCUT2D eigenvalue weighted by Crippen LogP contribution is -2.58. The summed E-state index contributed by atoms with van der Waals surface area (Å²) in [6, 6.07) is -0.379. The van der Waals surface area contributed by atoms with Gasteiger partial charge in [-0.25, -0.2) is 4.98 Å². The fourth-order valence-corrected chi connectivity index (χ4v) is 2.78. The van der Waals surface area contributed by atoms with E-state index in [9.17, 15) is 14.7 Å². The first-order chi connectivity index (χ1) is 8.52. The molecule has 0 aromatic carbocycles. The molecule has 0 saturated carbocycles. The van der Waals surface area contributed by atoms with Crippen LogP contribution in [0.5, 0.6) is 0 Å². The minimum Gasteiger partial charge on any atom is -0.388 e. The third-order valence-electron chi connectivity index (χ3n) is 2.81. The van der Waals surface area contributed by atoms with E-state index in [0.29, 0.717) is 11.6 Å². The van der Waals surface area contributed by atoms with Crippen molar-refractivity contribution >= 4 is 28.3 Å². The molecule has 1 saturated heterocycles. The zero-order chi connectivity index (χ0) is 13.3. The molecule has 0 radical (unpaired) electrons. The Balaban J connectivity index is 2.27. The number of amides is 2. The Kier molecular flexibility index (Phi) is 3.63. The molecule has 98 valence electrons. The van der Waals surface area contributed by atoms with Gasteiger partial charge in [0.2, 0.25) is 11.8 Å². The third-order valence-corrected chi connectivity index (χ3v) is 4.02. The number of aromatic nitrogens is 1. The largest absolute Gasteiger partial charge is 0.388 e. The molecular weight excluding hydrogens is 254 g/mol. The topological polar surface area (TPSA) is 82.5 Å². The average molecular weight is 269 g/mol. The second kappa shape index (κ2) is 5.03. The maximum Gasteiger partial charge on any atom is 0.249 e. The fraction of sp³-hybridized carbons (Fsp3) is 0.545. The normalized spacial score (nSPS) is 21.9. The second-order valence-electron chi connectivity index (χ2n) is 4.19. The number of hydrogen-bond acceptors (Lipinski definition) is 6. The van der Waals surface area contributed by atoms with Gasteiger partial charge in [0.25, 0.3) is 0 Å². The SMILES string of the molecule is CCC1C(=O)NC(=O)CN1c1ncc(C(C)O)s1. The number of imide groups is 1. The molecule has 6 nitrogen and oxygen atoms in total. The molecule has 2 amide bonds. The average Bonchev–Trinajstić information content (AvgIpc) is 2.77. The molecule has 1 fully saturated rings. The van der Waals surface area contributed by atoms with Gasteiger partial charge in [-0.05, 0) is 13.3 Å². The van der Waals surface area contributed by atoms with Crippen LogP contribution in [-0.4, -0.2) is 34.5 Å². The van der Waals surface area contributed by atoms with Crippen molar-refractivity contribution in [3.63, 3.8) is 0 Å². The van der Waals surface area contributed by atoms with Gasteiger partial charge in [-0.2, -0.15) is 0 Å². The van der Waals surface area contributed by atoms with Crippen LogP contribution >= 0.6 is 11.3 Å². The molecule has 0 spiro atoms. The van der Waals surface area contributed by atoms with Gasteiger partial charge in [0.1, 0.15) is 12.6 Å². The fourth-order valence-electron chi connectivity index (χ4n) is 1.88. The van der Waals surface area contributed by atoms with Crippen molar-refractivity contribution in [3.8, 4) is 0 Å². The van der Waals surface area contributed by atoms with Crippen LogP contribution in [0.3, 0.4) is 0 Å². The van der Waals surface area contributed by atoms with Crippen LogP contribution in [0.4, 0.5) is 5.13 Å². The molecule has 2 atom stereocenters. The molecule has 0 aliphatic carbocycles. The lowest BCUT2D eigenvalue weighted by molar-refractivity contribution is -0.132. The maximum absolute atomic E-state index is 11.7. The highest BCUT2D eigenvalue weighted by atomic mass is 32.1. The standard InChI is InChI=1S/C11H15N3O3S/c1-3-7-10(17)13-9(16)5-14(7)11-12-4-8(18-11)6(2)15/h4,6-7,15H,3,5H2,1-2H3,(H,13,16,17). The van der Waals surface area contributed by atoms with Crippen molar-refractivity contribution in [2.45, 2.75) is 32.4 Å². The highest BCUT2D eigenvalue weighted by Gasteiger charge is 2.34. The Bertz CT molecular complexity index is 472. The number of carbonyl (C=O) groups is 2. The smallest absolute Gasteiger partial charge is 0.249 e. The number of nitrogens with zero attached hydrogens (tertiary/aromatic N) is 2. The minimum absolute atomic E-state index is 0.122. The summed E-state index contributed by atoms with van der Waals surface area (Å²) in [5, 5.41) is 12.4. The summed E-state index contributed by atoms with van der Waals surface area (Å²) in [6.45, 7) is 3.66. The molecule has 2 N–H and O–H groups in total. The highest BCUT2D eigenvalue weighted by Crippen LogP contribution is 2.29. The number of thiazole rings is 1. The first kappa shape index (κ1) is 13.0. The van der Waals surface area contributed by atoms with Gasteiger partial charge >= 0.3 is 0 Å². The highest BCUT2D eigenvalue weighted by molar-refractivity contribution is 7.15. The number of anilines is 1. The van der Waals surface area contributed by atoms with Gasteiger partial charge in [-0.15, -0.1) is 0 Å². The van der Waals surface area contributed by atoms with Crippen LogP contribution in [0, 0.1) is 0 Å². The van der Waals surface area contributed by atoms with Crippen LogP contribution in [-0.2, 0) is 9.59 Å². The molecule has 1 aliphatic rings. The number of nitrogens with one attached hydrogen (secondary N) is 1. The molecule has 2 heterocycles. The van der Waals surface area contributed by atoms with E-state index in [-0.39, 0.29) is 24.4 Å². The van der Waals surface area contributed by atoms with Crippen LogP contribution in [0.1, 0.15) is 31.2 Å². The second-order valence-corrected chi connectivity index (χ2v) is 5.23. The van der Waals surface area contributed by atoms with Crippen molar-refractivity contribution in [1.82, 2.24) is 10.3 Å². The summed E-state index contributed by atoms with van der Waals surface area (Å²) in [7, 11) is 0. The zero-order valence-electron chi connectivity index (χ0n) is 10.2. The van der Waals surface area contributed by atoms with Gasteiger partial charge in [-0.1, -0.05) is 18.3 Å². The molecule has 0 bridgehead atoms. The molecule has 1 aromatic heterocycles. The summed E-state index contributed by atoms with van der Waals surface area (Å²) in [5.41, 5.74) is 0. The van der Waals surface area contributed by atoms with E-state index in [1.807, 2.05) is 6.92 Å². The zero-order valence-corrected chi connectivity index (χ0v) is 11.0. The van der Waals surface area contributed by atoms with Crippen molar-refractivity contribution in [2.24, 2.45) is 0 Å². The van der Waals surface area contributed by atoms with E-state index in [0.717, 1.165) is 4.88 Å². The first-order valence-electron chi connectivity index (χ1n) is 5.77. The van der Waals surface area contributed by atoms with Crippen molar-refractivity contribution in [3.05, 3.63) is 11.1 Å². The van der Waals surface area contributed by atoms with Gasteiger partial charge < -0.3 is 10.0 Å². The molecule has 7 heteroatoms. The maximum atomic E-state index is 11.7. The van der Waals surface area contributed by atoms with E-state index >= 15 is 0 Å². The molecular formula is C11H15N3O3S. The summed E-state index contributed by atoms with van der Waals surface area (Å²) < 4.78 is 0. The molecule has 1 aromatic rings. The quantitative estimate of drug-likeness (QED) is 0.778. The monoisotopic (exact) mass is 269 g/mol. The van der Waals surface area contributed by atoms with Crippen molar-refractivity contribution < 1.29 is 14.7 Å². The lowest BCUT2D eigenvalue weighted by atomic mass is 10.1. The van der Waals surface area contributed by atoms with Crippen LogP contribution in [0.2, 0.25) is 0 Å². The first-order valence-corrected chi connectivity index (χ1v) is 6.58. The molecule has 18 heavy (non-hydrogen) atoms. The van der Waals surface area contributed by atoms with E-state index in [4.69, 9.17) is 0 Å². The van der Waals surface area contributed by atoms with E-state index in [1.54, 1.807) is 18.0 Å². The third kappa shape index (κ3) is 2.37. The van der Waals surface area contributed by atoms with Crippen LogP contribution in [0.15, 0.2) is 6.20 Å².